The van der Waals surface area contributed by atoms with Gasteiger partial charge in [-0.3, -0.25) is 9.40 Å². The van der Waals surface area contributed by atoms with Crippen LogP contribution in [0.25, 0.3) is 11.0 Å². The van der Waals surface area contributed by atoms with Gasteiger partial charge in [0.1, 0.15) is 16.0 Å². The van der Waals surface area contributed by atoms with Gasteiger partial charge in [-0.2, -0.15) is 5.10 Å². The summed E-state index contributed by atoms with van der Waals surface area (Å²) in [7, 11) is -0.310. The van der Waals surface area contributed by atoms with Gasteiger partial charge in [0.15, 0.2) is 23.0 Å². The average Bonchev–Trinajstić information content (AvgIpc) is 3.53. The Morgan fingerprint density at radius 2 is 1.95 bits per heavy atom. The first-order valence-corrected chi connectivity index (χ1v) is 12.9. The Bertz CT molecular complexity index is 1580. The summed E-state index contributed by atoms with van der Waals surface area (Å²) in [6, 6.07) is 6.22. The molecule has 14 heteroatoms. The van der Waals surface area contributed by atoms with Crippen LogP contribution in [-0.2, 0) is 34.3 Å². The molecule has 0 aliphatic rings. The highest BCUT2D eigenvalue weighted by molar-refractivity contribution is 7.92. The van der Waals surface area contributed by atoms with E-state index in [1.165, 1.54) is 44.3 Å². The summed E-state index contributed by atoms with van der Waals surface area (Å²) < 4.78 is 66.2. The quantitative estimate of drug-likeness (QED) is 0.305. The molecule has 0 radical (unpaired) electrons. The summed E-state index contributed by atoms with van der Waals surface area (Å²) in [6.45, 7) is 2.07. The van der Waals surface area contributed by atoms with Gasteiger partial charge in [0.2, 0.25) is 0 Å². The highest BCUT2D eigenvalue weighted by Gasteiger charge is 2.27. The molecule has 2 N–H and O–H groups in total. The predicted molar refractivity (Wildman–Crippen MR) is 134 cm³/mol. The molecule has 0 saturated carbocycles. The number of nitrogens with one attached hydrogen (secondary N) is 2. The van der Waals surface area contributed by atoms with Crippen LogP contribution >= 0.6 is 0 Å². The summed E-state index contributed by atoms with van der Waals surface area (Å²) >= 11 is 0. The number of rotatable bonds is 10. The van der Waals surface area contributed by atoms with Crippen molar-refractivity contribution in [3.8, 4) is 11.5 Å². The van der Waals surface area contributed by atoms with Crippen molar-refractivity contribution < 1.29 is 36.3 Å². The third kappa shape index (κ3) is 5.34. The van der Waals surface area contributed by atoms with Crippen molar-refractivity contribution in [2.24, 2.45) is 0 Å². The number of aromatic nitrogens is 3. The maximum Gasteiger partial charge on any atom is 0.407 e. The zero-order valence-corrected chi connectivity index (χ0v) is 21.9. The van der Waals surface area contributed by atoms with Crippen LogP contribution in [0.3, 0.4) is 0 Å². The number of alkyl carbamates (subject to hydrolysis) is 1. The molecule has 0 spiro atoms. The second-order valence-electron chi connectivity index (χ2n) is 8.12. The number of amides is 1. The molecule has 0 atom stereocenters. The number of carbonyl (C=O) groups excluding carboxylic acids is 1. The lowest BCUT2D eigenvalue weighted by molar-refractivity contribution is 0.170. The van der Waals surface area contributed by atoms with Crippen LogP contribution in [0.5, 0.6) is 11.5 Å². The number of benzene rings is 2. The first kappa shape index (κ1) is 26.7. The van der Waals surface area contributed by atoms with Crippen molar-refractivity contribution >= 4 is 32.9 Å². The maximum atomic E-state index is 15.5. The van der Waals surface area contributed by atoms with Crippen molar-refractivity contribution in [3.05, 3.63) is 59.2 Å². The molecule has 2 heterocycles. The third-order valence-electron chi connectivity index (χ3n) is 5.73. The van der Waals surface area contributed by atoms with E-state index in [0.717, 1.165) is 5.56 Å². The fraction of sp³-hybridized carbons (Fsp3) is 0.292. The minimum Gasteiger partial charge on any atom is -0.495 e. The Morgan fingerprint density at radius 1 is 1.16 bits per heavy atom. The van der Waals surface area contributed by atoms with Gasteiger partial charge in [-0.05, 0) is 30.2 Å². The standard InChI is InChI=1S/C24H26FN5O7S/c1-5-14-6-7-17(34-2)19(8-14)38(32,33)29-23-20-18(37-28-23)9-16(21(25)22(20)35-3)13-30-12-15(11-27-30)10-26-24(31)36-4/h6-9,11-12H,5,10,13H2,1-4H3,(H,26,31)(H,28,29). The lowest BCUT2D eigenvalue weighted by atomic mass is 10.1. The van der Waals surface area contributed by atoms with E-state index < -0.39 is 21.9 Å². The van der Waals surface area contributed by atoms with Gasteiger partial charge in [-0.25, -0.2) is 17.6 Å². The zero-order chi connectivity index (χ0) is 27.4. The molecule has 2 aromatic heterocycles. The number of ether oxygens (including phenoxy) is 3. The van der Waals surface area contributed by atoms with Crippen LogP contribution in [0.1, 0.15) is 23.6 Å². The molecule has 12 nitrogen and oxygen atoms in total. The molecule has 0 unspecified atom stereocenters. The molecular weight excluding hydrogens is 521 g/mol. The molecule has 4 aromatic rings. The highest BCUT2D eigenvalue weighted by atomic mass is 32.2. The lowest BCUT2D eigenvalue weighted by Crippen LogP contribution is -2.21. The van der Waals surface area contributed by atoms with E-state index in [4.69, 9.17) is 14.0 Å². The van der Waals surface area contributed by atoms with Gasteiger partial charge in [0.05, 0.1) is 34.1 Å². The summed E-state index contributed by atoms with van der Waals surface area (Å²) in [5, 5.41) is 10.6. The molecule has 38 heavy (non-hydrogen) atoms. The minimum atomic E-state index is -4.19. The number of hydrogen-bond donors (Lipinski definition) is 2. The molecule has 0 saturated heterocycles. The van der Waals surface area contributed by atoms with Crippen molar-refractivity contribution in [2.45, 2.75) is 31.3 Å². The fourth-order valence-electron chi connectivity index (χ4n) is 3.81. The van der Waals surface area contributed by atoms with Crippen molar-refractivity contribution in [1.82, 2.24) is 20.3 Å². The van der Waals surface area contributed by atoms with Crippen molar-refractivity contribution in [2.75, 3.05) is 26.1 Å². The molecule has 1 amide bonds. The number of halogens is 1. The molecule has 0 fully saturated rings. The van der Waals surface area contributed by atoms with E-state index in [2.05, 4.69) is 25.0 Å². The number of sulfonamides is 1. The number of anilines is 1. The number of fused-ring (bicyclic) bond motifs is 1. The fourth-order valence-corrected chi connectivity index (χ4v) is 5.04. The van der Waals surface area contributed by atoms with E-state index in [1.54, 1.807) is 18.3 Å². The minimum absolute atomic E-state index is 0.000866. The smallest absolute Gasteiger partial charge is 0.407 e. The Labute approximate surface area is 217 Å². The molecule has 202 valence electrons. The van der Waals surface area contributed by atoms with E-state index >= 15 is 4.39 Å². The molecule has 4 rings (SSSR count). The topological polar surface area (TPSA) is 147 Å². The summed E-state index contributed by atoms with van der Waals surface area (Å²) in [5.41, 5.74) is 1.72. The van der Waals surface area contributed by atoms with E-state index in [0.29, 0.717) is 12.0 Å². The normalized spacial score (nSPS) is 11.4. The van der Waals surface area contributed by atoms with Crippen LogP contribution in [0.2, 0.25) is 0 Å². The first-order valence-electron chi connectivity index (χ1n) is 11.4. The van der Waals surface area contributed by atoms with Crippen LogP contribution in [0, 0.1) is 5.82 Å². The molecule has 0 aliphatic heterocycles. The van der Waals surface area contributed by atoms with Gasteiger partial charge in [0.25, 0.3) is 10.0 Å². The molecule has 0 aliphatic carbocycles. The SMILES string of the molecule is CCc1ccc(OC)c(S(=O)(=O)Nc2noc3cc(Cn4cc(CNC(=O)OC)cn4)c(F)c(OC)c23)c1. The van der Waals surface area contributed by atoms with Crippen molar-refractivity contribution in [1.29, 1.82) is 0 Å². The summed E-state index contributed by atoms with van der Waals surface area (Å²) in [4.78, 5) is 11.2. The van der Waals surface area contributed by atoms with Gasteiger partial charge < -0.3 is 24.1 Å². The third-order valence-corrected chi connectivity index (χ3v) is 7.09. The predicted octanol–water partition coefficient (Wildman–Crippen LogP) is 3.45. The number of aryl methyl sites for hydroxylation is 1. The monoisotopic (exact) mass is 547 g/mol. The van der Waals surface area contributed by atoms with Gasteiger partial charge >= 0.3 is 6.09 Å². The zero-order valence-electron chi connectivity index (χ0n) is 21.1. The molecular formula is C24H26FN5O7S. The summed E-state index contributed by atoms with van der Waals surface area (Å²) in [5.74, 6) is -1.07. The summed E-state index contributed by atoms with van der Waals surface area (Å²) in [6.07, 6.45) is 3.17. The Hall–Kier alpha value is -4.33. The van der Waals surface area contributed by atoms with Gasteiger partial charge in [0, 0.05) is 23.9 Å². The van der Waals surface area contributed by atoms with Crippen LogP contribution in [-0.4, -0.2) is 50.8 Å². The van der Waals surface area contributed by atoms with E-state index in [1.807, 2.05) is 6.92 Å². The Balaban J connectivity index is 1.65. The van der Waals surface area contributed by atoms with Gasteiger partial charge in [-0.15, -0.1) is 0 Å². The van der Waals surface area contributed by atoms with Crippen LogP contribution in [0.4, 0.5) is 15.0 Å². The lowest BCUT2D eigenvalue weighted by Gasteiger charge is -2.13. The largest absolute Gasteiger partial charge is 0.495 e. The number of hydrogen-bond acceptors (Lipinski definition) is 9. The van der Waals surface area contributed by atoms with Crippen LogP contribution < -0.4 is 19.5 Å². The molecule has 0 bridgehead atoms. The average molecular weight is 548 g/mol. The number of nitrogens with zero attached hydrogens (tertiary/aromatic N) is 3. The highest BCUT2D eigenvalue weighted by Crippen LogP contribution is 2.38. The Kier molecular flexibility index (Phi) is 7.71. The second kappa shape index (κ2) is 11.0. The number of carbonyl (C=O) groups is 1. The first-order chi connectivity index (χ1) is 18.2. The maximum absolute atomic E-state index is 15.5. The van der Waals surface area contributed by atoms with Crippen molar-refractivity contribution in [3.63, 3.8) is 0 Å². The van der Waals surface area contributed by atoms with Crippen LogP contribution in [0.15, 0.2) is 46.1 Å². The number of methoxy groups -OCH3 is 3. The van der Waals surface area contributed by atoms with E-state index in [9.17, 15) is 13.2 Å². The molecule has 2 aromatic carbocycles. The Morgan fingerprint density at radius 3 is 2.63 bits per heavy atom. The van der Waals surface area contributed by atoms with Gasteiger partial charge in [-0.1, -0.05) is 18.1 Å². The second-order valence-corrected chi connectivity index (χ2v) is 9.77. The van der Waals surface area contributed by atoms with E-state index in [-0.39, 0.29) is 51.8 Å².